The van der Waals surface area contributed by atoms with Gasteiger partial charge in [0.05, 0.1) is 25.9 Å². The maximum atomic E-state index is 13.5. The number of imidazole rings is 2. The van der Waals surface area contributed by atoms with Crippen LogP contribution in [0.3, 0.4) is 0 Å². The SMILES string of the molecule is Nc1nc2c(ncn2[C@@H]2O[C@H](CO)[C@@H](O)[C@H]2P(=O)(O)OC[C@H]2O[C@@H](n3cnc4c(Cl)ncnc43)[C@H](O)[C@@H]2O)c(=O)[nH]1. The maximum absolute atomic E-state index is 13.5. The molecule has 0 radical (unpaired) electrons. The average molecular weight is 616 g/mol. The number of aliphatic hydroxyl groups excluding tert-OH is 4. The number of nitrogen functional groups attached to an aromatic ring is 1. The van der Waals surface area contributed by atoms with E-state index in [1.807, 2.05) is 0 Å². The number of fused-ring (bicyclic) bond motifs is 2. The first-order valence-electron chi connectivity index (χ1n) is 12.0. The molecule has 220 valence electrons. The van der Waals surface area contributed by atoms with Gasteiger partial charge in [0.15, 0.2) is 34.4 Å². The molecule has 2 fully saturated rings. The van der Waals surface area contributed by atoms with Crippen molar-refractivity contribution in [1.29, 1.82) is 0 Å². The summed E-state index contributed by atoms with van der Waals surface area (Å²) >= 11 is 6.02. The highest BCUT2D eigenvalue weighted by molar-refractivity contribution is 7.53. The van der Waals surface area contributed by atoms with E-state index < -0.39 is 75.0 Å². The fourth-order valence-corrected chi connectivity index (χ4v) is 6.79. The summed E-state index contributed by atoms with van der Waals surface area (Å²) in [4.78, 5) is 45.4. The van der Waals surface area contributed by atoms with Crippen molar-refractivity contribution in [2.75, 3.05) is 18.9 Å². The Bertz CT molecular complexity index is 1720. The molecule has 21 heteroatoms. The monoisotopic (exact) mass is 615 g/mol. The Morgan fingerprint density at radius 2 is 1.68 bits per heavy atom. The predicted octanol–water partition coefficient (Wildman–Crippen LogP) is -2.36. The van der Waals surface area contributed by atoms with E-state index in [9.17, 15) is 34.7 Å². The summed E-state index contributed by atoms with van der Waals surface area (Å²) in [5.41, 5.74) is 3.42. The highest BCUT2D eigenvalue weighted by Gasteiger charge is 2.55. The summed E-state index contributed by atoms with van der Waals surface area (Å²) in [5, 5.41) is 41.9. The van der Waals surface area contributed by atoms with E-state index in [0.29, 0.717) is 0 Å². The Labute approximate surface area is 232 Å². The molecule has 2 aliphatic rings. The molecule has 6 heterocycles. The first-order valence-corrected chi connectivity index (χ1v) is 14.0. The van der Waals surface area contributed by atoms with Crippen molar-refractivity contribution in [3.05, 3.63) is 34.5 Å². The zero-order valence-electron chi connectivity index (χ0n) is 20.6. The molecule has 6 rings (SSSR count). The average Bonchev–Trinajstić information content (AvgIpc) is 3.68. The molecule has 9 atom stereocenters. The summed E-state index contributed by atoms with van der Waals surface area (Å²) in [6, 6.07) is 0. The van der Waals surface area contributed by atoms with Crippen LogP contribution in [0.25, 0.3) is 22.3 Å². The fraction of sp³-hybridized carbons (Fsp3) is 0.500. The molecule has 0 saturated carbocycles. The largest absolute Gasteiger partial charge is 0.394 e. The topological polar surface area (TPSA) is 279 Å². The van der Waals surface area contributed by atoms with Gasteiger partial charge in [-0.25, -0.2) is 19.9 Å². The van der Waals surface area contributed by atoms with Crippen molar-refractivity contribution in [2.45, 2.75) is 48.6 Å². The molecular weight excluding hydrogens is 593 g/mol. The number of aromatic amines is 1. The molecule has 4 aromatic rings. The molecule has 0 spiro atoms. The zero-order chi connectivity index (χ0) is 29.2. The number of aliphatic hydroxyl groups is 4. The van der Waals surface area contributed by atoms with Gasteiger partial charge in [-0.05, 0) is 0 Å². The molecule has 0 amide bonds. The number of hydrogen-bond donors (Lipinski definition) is 7. The lowest BCUT2D eigenvalue weighted by atomic mass is 10.1. The van der Waals surface area contributed by atoms with Gasteiger partial charge in [0.2, 0.25) is 5.95 Å². The van der Waals surface area contributed by atoms with Gasteiger partial charge in [-0.3, -0.25) is 23.5 Å². The second-order valence-corrected chi connectivity index (χ2v) is 11.7. The van der Waals surface area contributed by atoms with E-state index in [2.05, 4.69) is 29.9 Å². The van der Waals surface area contributed by atoms with Crippen molar-refractivity contribution < 1.29 is 43.9 Å². The summed E-state index contributed by atoms with van der Waals surface area (Å²) < 4.78 is 32.7. The minimum Gasteiger partial charge on any atom is -0.394 e. The van der Waals surface area contributed by atoms with Crippen molar-refractivity contribution in [3.63, 3.8) is 0 Å². The summed E-state index contributed by atoms with van der Waals surface area (Å²) in [7, 11) is -4.88. The third kappa shape index (κ3) is 4.59. The van der Waals surface area contributed by atoms with Crippen LogP contribution in [0.4, 0.5) is 5.95 Å². The third-order valence-electron chi connectivity index (χ3n) is 6.97. The van der Waals surface area contributed by atoms with Crippen molar-refractivity contribution in [1.82, 2.24) is 39.0 Å². The van der Waals surface area contributed by atoms with Gasteiger partial charge in [-0.1, -0.05) is 11.6 Å². The number of rotatable bonds is 7. The Balaban J connectivity index is 1.25. The van der Waals surface area contributed by atoms with E-state index in [1.165, 1.54) is 17.2 Å². The van der Waals surface area contributed by atoms with Crippen molar-refractivity contribution in [2.24, 2.45) is 0 Å². The quantitative estimate of drug-likeness (QED) is 0.0845. The number of nitrogens with two attached hydrogens (primary N) is 1. The minimum absolute atomic E-state index is 0.0594. The molecule has 2 aliphatic heterocycles. The van der Waals surface area contributed by atoms with Gasteiger partial charge >= 0.3 is 7.60 Å². The number of nitrogens with one attached hydrogen (secondary N) is 1. The smallest absolute Gasteiger partial charge is 0.338 e. The summed E-state index contributed by atoms with van der Waals surface area (Å²) in [6.45, 7) is -1.43. The molecular formula is C20H23ClN9O10P. The zero-order valence-corrected chi connectivity index (χ0v) is 22.2. The van der Waals surface area contributed by atoms with Gasteiger partial charge in [0, 0.05) is 0 Å². The maximum Gasteiger partial charge on any atom is 0.338 e. The number of hydrogen-bond acceptors (Lipinski definition) is 15. The summed E-state index contributed by atoms with van der Waals surface area (Å²) in [6.07, 6.45) is -6.57. The molecule has 8 N–H and O–H groups in total. The second kappa shape index (κ2) is 10.3. The lowest BCUT2D eigenvalue weighted by Gasteiger charge is -2.27. The molecule has 19 nitrogen and oxygen atoms in total. The standard InChI is InChI=1S/C20H23ClN9O10P/c21-14-8-15(24-3-23-14)29(4-25-8)18-12(34)10(32)7(40-18)2-38-41(36,37)13-11(33)6(1-31)39-19(13)30-5-26-9-16(30)27-20(22)28-17(9)35/h3-7,10-13,18-19,31-34H,1-2H2,(H,36,37)(H3,22,27,28,35)/t6-,7-,10-,11-,12-,13-,18-,19-/m1/s1. The van der Waals surface area contributed by atoms with Crippen molar-refractivity contribution in [3.8, 4) is 0 Å². The van der Waals surface area contributed by atoms with Crippen LogP contribution in [0, 0.1) is 0 Å². The normalized spacial score (nSPS) is 31.8. The van der Waals surface area contributed by atoms with E-state index in [-0.39, 0.29) is 33.4 Å². The van der Waals surface area contributed by atoms with Crippen LogP contribution in [0.5, 0.6) is 0 Å². The summed E-state index contributed by atoms with van der Waals surface area (Å²) in [5.74, 6) is -0.263. The van der Waals surface area contributed by atoms with E-state index >= 15 is 0 Å². The molecule has 2 saturated heterocycles. The molecule has 4 aromatic heterocycles. The van der Waals surface area contributed by atoms with Gasteiger partial charge < -0.3 is 45.1 Å². The Morgan fingerprint density at radius 1 is 1.00 bits per heavy atom. The minimum atomic E-state index is -4.88. The molecule has 1 unspecified atom stereocenters. The van der Waals surface area contributed by atoms with Crippen LogP contribution < -0.4 is 11.3 Å². The van der Waals surface area contributed by atoms with Crippen LogP contribution in [-0.4, -0.2) is 114 Å². The van der Waals surface area contributed by atoms with E-state index in [4.69, 9.17) is 31.3 Å². The number of halogens is 1. The highest BCUT2D eigenvalue weighted by Crippen LogP contribution is 2.57. The van der Waals surface area contributed by atoms with Gasteiger partial charge in [0.25, 0.3) is 5.56 Å². The van der Waals surface area contributed by atoms with Gasteiger partial charge in [-0.15, -0.1) is 0 Å². The van der Waals surface area contributed by atoms with Gasteiger partial charge in [-0.2, -0.15) is 4.98 Å². The van der Waals surface area contributed by atoms with E-state index in [0.717, 1.165) is 10.9 Å². The Kier molecular flexibility index (Phi) is 7.05. The van der Waals surface area contributed by atoms with Crippen LogP contribution in [0.15, 0.2) is 23.8 Å². The predicted molar refractivity (Wildman–Crippen MR) is 135 cm³/mol. The number of ether oxygens (including phenoxy) is 2. The third-order valence-corrected chi connectivity index (χ3v) is 9.08. The second-order valence-electron chi connectivity index (χ2n) is 9.40. The van der Waals surface area contributed by atoms with Crippen LogP contribution in [0.2, 0.25) is 5.15 Å². The fourth-order valence-electron chi connectivity index (χ4n) is 4.97. The lowest BCUT2D eigenvalue weighted by molar-refractivity contribution is -0.0496. The number of H-pyrrole nitrogens is 1. The number of nitrogens with zero attached hydrogens (tertiary/aromatic N) is 7. The first-order chi connectivity index (χ1) is 19.5. The first kappa shape index (κ1) is 28.0. The van der Waals surface area contributed by atoms with E-state index in [1.54, 1.807) is 0 Å². The molecule has 0 aromatic carbocycles. The number of aromatic nitrogens is 8. The molecule has 0 aliphatic carbocycles. The van der Waals surface area contributed by atoms with Crippen LogP contribution in [-0.2, 0) is 18.6 Å². The Hall–Kier alpha value is -3.10. The Morgan fingerprint density at radius 3 is 2.41 bits per heavy atom. The van der Waals surface area contributed by atoms with Gasteiger partial charge in [0.1, 0.15) is 48.0 Å². The number of anilines is 1. The van der Waals surface area contributed by atoms with Crippen LogP contribution >= 0.6 is 19.2 Å². The van der Waals surface area contributed by atoms with Crippen molar-refractivity contribution >= 4 is 47.5 Å². The molecule has 41 heavy (non-hydrogen) atoms. The highest BCUT2D eigenvalue weighted by atomic mass is 35.5. The lowest BCUT2D eigenvalue weighted by Crippen LogP contribution is -2.36. The van der Waals surface area contributed by atoms with Crippen LogP contribution in [0.1, 0.15) is 12.5 Å². The molecule has 0 bridgehead atoms.